The molecule has 0 saturated heterocycles. The quantitative estimate of drug-likeness (QED) is 0.859. The van der Waals surface area contributed by atoms with Crippen molar-refractivity contribution in [3.8, 4) is 11.5 Å². The molecule has 0 aromatic heterocycles. The number of carbonyl (C=O) groups excluding carboxylic acids is 1. The van der Waals surface area contributed by atoms with Gasteiger partial charge in [0.15, 0.2) is 11.5 Å². The number of ether oxygens (including phenoxy) is 2. The minimum Gasteiger partial charge on any atom is -0.504 e. The van der Waals surface area contributed by atoms with Crippen LogP contribution < -0.4 is 4.74 Å². The highest BCUT2D eigenvalue weighted by Crippen LogP contribution is 2.69. The zero-order valence-electron chi connectivity index (χ0n) is 18.1. The number of nitrogens with zero attached hydrogens (tertiary/aromatic N) is 1. The van der Waals surface area contributed by atoms with E-state index in [4.69, 9.17) is 9.47 Å². The summed E-state index contributed by atoms with van der Waals surface area (Å²) in [6.07, 6.45) is 1.29. The Morgan fingerprint density at radius 2 is 2.04 bits per heavy atom. The van der Waals surface area contributed by atoms with Gasteiger partial charge in [0, 0.05) is 24.1 Å². The highest BCUT2D eigenvalue weighted by Gasteiger charge is 2.73. The highest BCUT2D eigenvalue weighted by atomic mass is 16.6. The van der Waals surface area contributed by atoms with E-state index in [-0.39, 0.29) is 40.4 Å². The Balaban J connectivity index is 2.03. The van der Waals surface area contributed by atoms with E-state index in [1.165, 1.54) is 5.56 Å². The monoisotopic (exact) mass is 387 g/mol. The number of Topliss-reactive ketones (excluding diaryl/α,β-unsaturated/α-hetero) is 1. The van der Waals surface area contributed by atoms with Crippen LogP contribution in [0.25, 0.3) is 0 Å². The molecule has 1 aromatic rings. The van der Waals surface area contributed by atoms with Gasteiger partial charge in [0.1, 0.15) is 17.5 Å². The number of benzene rings is 1. The maximum Gasteiger partial charge on any atom is 0.165 e. The molecular formula is C23H33NO4. The summed E-state index contributed by atoms with van der Waals surface area (Å²) in [5, 5.41) is 10.6. The molecule has 1 heterocycles. The molecule has 1 saturated carbocycles. The fourth-order valence-electron chi connectivity index (χ4n) is 6.71. The van der Waals surface area contributed by atoms with Gasteiger partial charge in [0.05, 0.1) is 5.92 Å². The van der Waals surface area contributed by atoms with E-state index in [0.29, 0.717) is 5.75 Å². The number of methoxy groups -OCH3 is 1. The maximum atomic E-state index is 12.8. The van der Waals surface area contributed by atoms with Crippen molar-refractivity contribution in [2.24, 2.45) is 11.3 Å². The van der Waals surface area contributed by atoms with Crippen LogP contribution >= 0.6 is 0 Å². The van der Waals surface area contributed by atoms with E-state index in [1.807, 2.05) is 13.0 Å². The predicted molar refractivity (Wildman–Crippen MR) is 108 cm³/mol. The van der Waals surface area contributed by atoms with E-state index in [0.717, 1.165) is 24.9 Å². The average molecular weight is 388 g/mol. The fourth-order valence-corrected chi connectivity index (χ4v) is 6.71. The first kappa shape index (κ1) is 19.7. The lowest BCUT2D eigenvalue weighted by atomic mass is 9.43. The van der Waals surface area contributed by atoms with Crippen LogP contribution in [-0.4, -0.2) is 54.2 Å². The van der Waals surface area contributed by atoms with Crippen LogP contribution in [0.15, 0.2) is 12.1 Å². The summed E-state index contributed by atoms with van der Waals surface area (Å²) in [4.78, 5) is 15.2. The number of hydrogen-bond acceptors (Lipinski definition) is 5. The number of likely N-dealkylation sites (N-methyl/N-ethyl adjacent to an activating group) is 1. The van der Waals surface area contributed by atoms with Crippen LogP contribution in [0.2, 0.25) is 0 Å². The standard InChI is InChI=1S/C23H33NO4/c1-8-24(6)17-11-14-9-10-16(26)19-18(14)22(4)20(28-19)23(5,27-7)15(13(2)25)12-21(17,22)3/h9-10,15,17,20,26H,8,11-12H2,1-7H3/t15-,17-,20-,21-,22+,23-/m1/s1. The lowest BCUT2D eigenvalue weighted by Gasteiger charge is -2.64. The summed E-state index contributed by atoms with van der Waals surface area (Å²) in [5.41, 5.74) is 1.05. The molecule has 6 atom stereocenters. The largest absolute Gasteiger partial charge is 0.504 e. The van der Waals surface area contributed by atoms with E-state index < -0.39 is 5.60 Å². The van der Waals surface area contributed by atoms with Crippen molar-refractivity contribution in [2.45, 2.75) is 70.6 Å². The summed E-state index contributed by atoms with van der Waals surface area (Å²) < 4.78 is 12.5. The molecule has 1 N–H and O–H groups in total. The molecule has 1 aliphatic heterocycles. The third-order valence-electron chi connectivity index (χ3n) is 8.64. The molecule has 3 aliphatic rings. The third kappa shape index (κ3) is 2.07. The molecule has 4 rings (SSSR count). The maximum absolute atomic E-state index is 12.8. The molecule has 0 bridgehead atoms. The zero-order chi connectivity index (χ0) is 20.6. The van der Waals surface area contributed by atoms with E-state index in [9.17, 15) is 9.90 Å². The summed E-state index contributed by atoms with van der Waals surface area (Å²) in [6.45, 7) is 11.4. The zero-order valence-corrected chi connectivity index (χ0v) is 18.1. The molecule has 1 aromatic carbocycles. The molecule has 1 fully saturated rings. The Hall–Kier alpha value is -1.59. The third-order valence-corrected chi connectivity index (χ3v) is 8.64. The van der Waals surface area contributed by atoms with Gasteiger partial charge in [-0.3, -0.25) is 4.79 Å². The van der Waals surface area contributed by atoms with Crippen molar-refractivity contribution in [3.63, 3.8) is 0 Å². The van der Waals surface area contributed by atoms with Gasteiger partial charge in [-0.15, -0.1) is 0 Å². The smallest absolute Gasteiger partial charge is 0.165 e. The summed E-state index contributed by atoms with van der Waals surface area (Å²) in [7, 11) is 3.84. The minimum absolute atomic E-state index is 0.139. The number of hydrogen-bond donors (Lipinski definition) is 1. The average Bonchev–Trinajstić information content (AvgIpc) is 3.00. The first-order valence-corrected chi connectivity index (χ1v) is 10.3. The Kier molecular flexibility index (Phi) is 4.20. The van der Waals surface area contributed by atoms with Crippen molar-refractivity contribution in [3.05, 3.63) is 23.3 Å². The van der Waals surface area contributed by atoms with Crippen LogP contribution in [0.3, 0.4) is 0 Å². The van der Waals surface area contributed by atoms with Gasteiger partial charge in [0.2, 0.25) is 0 Å². The Morgan fingerprint density at radius 1 is 1.36 bits per heavy atom. The van der Waals surface area contributed by atoms with Crippen molar-refractivity contribution < 1.29 is 19.4 Å². The normalized spacial score (nSPS) is 40.9. The number of phenolic OH excluding ortho intramolecular Hbond substituents is 1. The Labute approximate surface area is 168 Å². The molecule has 5 heteroatoms. The van der Waals surface area contributed by atoms with E-state index in [2.05, 4.69) is 32.7 Å². The number of aromatic hydroxyl groups is 1. The van der Waals surface area contributed by atoms with Crippen molar-refractivity contribution in [2.75, 3.05) is 20.7 Å². The molecule has 0 radical (unpaired) electrons. The van der Waals surface area contributed by atoms with E-state index in [1.54, 1.807) is 20.1 Å². The molecule has 28 heavy (non-hydrogen) atoms. The van der Waals surface area contributed by atoms with Gasteiger partial charge in [-0.2, -0.15) is 0 Å². The van der Waals surface area contributed by atoms with Gasteiger partial charge in [-0.05, 0) is 57.3 Å². The van der Waals surface area contributed by atoms with Crippen LogP contribution in [0.5, 0.6) is 11.5 Å². The van der Waals surface area contributed by atoms with Crippen molar-refractivity contribution in [1.82, 2.24) is 4.90 Å². The Morgan fingerprint density at radius 3 is 2.61 bits per heavy atom. The first-order valence-electron chi connectivity index (χ1n) is 10.3. The van der Waals surface area contributed by atoms with Crippen LogP contribution in [-0.2, 0) is 21.4 Å². The van der Waals surface area contributed by atoms with Crippen molar-refractivity contribution in [1.29, 1.82) is 0 Å². The minimum atomic E-state index is -0.754. The molecule has 2 aliphatic carbocycles. The lowest BCUT2D eigenvalue weighted by molar-refractivity contribution is -0.204. The summed E-state index contributed by atoms with van der Waals surface area (Å²) in [6, 6.07) is 4.06. The molecule has 154 valence electrons. The molecule has 0 unspecified atom stereocenters. The molecule has 5 nitrogen and oxygen atoms in total. The van der Waals surface area contributed by atoms with E-state index >= 15 is 0 Å². The number of ketones is 1. The lowest BCUT2D eigenvalue weighted by Crippen LogP contribution is -2.73. The topological polar surface area (TPSA) is 59.0 Å². The second kappa shape index (κ2) is 5.96. The van der Waals surface area contributed by atoms with Gasteiger partial charge in [-0.1, -0.05) is 26.8 Å². The summed E-state index contributed by atoms with van der Waals surface area (Å²) >= 11 is 0. The molecule has 0 spiro atoms. The predicted octanol–water partition coefficient (Wildman–Crippen LogP) is 3.31. The molecule has 0 amide bonds. The number of carbonyl (C=O) groups is 1. The van der Waals surface area contributed by atoms with Crippen LogP contribution in [0.1, 0.15) is 52.2 Å². The van der Waals surface area contributed by atoms with Crippen LogP contribution in [0.4, 0.5) is 0 Å². The first-order chi connectivity index (χ1) is 13.1. The Bertz CT molecular complexity index is 838. The molecular weight excluding hydrogens is 354 g/mol. The van der Waals surface area contributed by atoms with Crippen molar-refractivity contribution >= 4 is 5.78 Å². The fraction of sp³-hybridized carbons (Fsp3) is 0.696. The van der Waals surface area contributed by atoms with Gasteiger partial charge >= 0.3 is 0 Å². The SMILES string of the molecule is CCN(C)[C@@H]1Cc2ccc(O)c3c2[C@@]2(C)[C@@H](O3)[C@](C)(OC)[C@@H](C(C)=O)C[C@]12C. The van der Waals surface area contributed by atoms with Gasteiger partial charge < -0.3 is 19.5 Å². The number of rotatable bonds is 4. The van der Waals surface area contributed by atoms with Gasteiger partial charge in [-0.25, -0.2) is 0 Å². The highest BCUT2D eigenvalue weighted by molar-refractivity contribution is 5.81. The van der Waals surface area contributed by atoms with Crippen LogP contribution in [0, 0.1) is 11.3 Å². The number of phenols is 1. The summed E-state index contributed by atoms with van der Waals surface area (Å²) in [5.74, 6) is 0.643. The second-order valence-electron chi connectivity index (χ2n) is 9.61. The van der Waals surface area contributed by atoms with Gasteiger partial charge in [0.25, 0.3) is 0 Å². The second-order valence-corrected chi connectivity index (χ2v) is 9.61.